The molecule has 0 saturated heterocycles. The molecule has 0 atom stereocenters. The molecule has 0 aliphatic heterocycles. The van der Waals surface area contributed by atoms with E-state index in [0.717, 1.165) is 22.5 Å². The van der Waals surface area contributed by atoms with E-state index in [1.807, 2.05) is 39.0 Å². The molecule has 0 bridgehead atoms. The van der Waals surface area contributed by atoms with Crippen LogP contribution in [0.15, 0.2) is 34.2 Å². The first-order chi connectivity index (χ1) is 11.8. The third kappa shape index (κ3) is 5.19. The van der Waals surface area contributed by atoms with Crippen LogP contribution in [0.2, 0.25) is 0 Å². The summed E-state index contributed by atoms with van der Waals surface area (Å²) in [7, 11) is 0. The number of nitrogens with one attached hydrogen (secondary N) is 2. The number of nitrogens with zero attached hydrogens (tertiary/aromatic N) is 1. The Labute approximate surface area is 152 Å². The van der Waals surface area contributed by atoms with Gasteiger partial charge in [0.25, 0.3) is 5.56 Å². The second kappa shape index (κ2) is 8.34. The molecular formula is C19H25N3O2S. The predicted molar refractivity (Wildman–Crippen MR) is 104 cm³/mol. The zero-order chi connectivity index (χ0) is 18.6. The number of aromatic nitrogens is 2. The average molecular weight is 359 g/mol. The number of carbonyl (C=O) groups is 1. The summed E-state index contributed by atoms with van der Waals surface area (Å²) in [5.74, 6) is 0.564. The minimum absolute atomic E-state index is 0.112. The van der Waals surface area contributed by atoms with Gasteiger partial charge in [0.2, 0.25) is 5.91 Å². The smallest absolute Gasteiger partial charge is 0.251 e. The summed E-state index contributed by atoms with van der Waals surface area (Å²) in [4.78, 5) is 31.2. The van der Waals surface area contributed by atoms with Crippen LogP contribution in [0.3, 0.4) is 0 Å². The fourth-order valence-corrected chi connectivity index (χ4v) is 3.15. The van der Waals surface area contributed by atoms with Crippen LogP contribution in [0.5, 0.6) is 0 Å². The number of rotatable bonds is 6. The first-order valence-electron chi connectivity index (χ1n) is 8.41. The number of hydrogen-bond acceptors (Lipinski definition) is 4. The van der Waals surface area contributed by atoms with Gasteiger partial charge in [0.15, 0.2) is 5.16 Å². The minimum Gasteiger partial charge on any atom is -0.325 e. The molecule has 134 valence electrons. The molecule has 0 spiro atoms. The van der Waals surface area contributed by atoms with E-state index in [2.05, 4.69) is 29.1 Å². The molecule has 0 fully saturated rings. The van der Waals surface area contributed by atoms with Crippen molar-refractivity contribution >= 4 is 23.4 Å². The fourth-order valence-electron chi connectivity index (χ4n) is 2.47. The lowest BCUT2D eigenvalue weighted by Crippen LogP contribution is -2.18. The first-order valence-corrected chi connectivity index (χ1v) is 9.40. The Kier molecular flexibility index (Phi) is 6.42. The Balaban J connectivity index is 2.09. The van der Waals surface area contributed by atoms with Gasteiger partial charge in [-0.15, -0.1) is 0 Å². The molecule has 5 nitrogen and oxygen atoms in total. The molecule has 1 aromatic heterocycles. The average Bonchev–Trinajstić information content (AvgIpc) is 2.54. The Hall–Kier alpha value is -2.08. The van der Waals surface area contributed by atoms with E-state index < -0.39 is 0 Å². The summed E-state index contributed by atoms with van der Waals surface area (Å²) >= 11 is 1.23. The fraction of sp³-hybridized carbons (Fsp3) is 0.421. The molecule has 0 saturated carbocycles. The van der Waals surface area contributed by atoms with Gasteiger partial charge >= 0.3 is 0 Å². The van der Waals surface area contributed by atoms with E-state index in [1.165, 1.54) is 17.8 Å². The van der Waals surface area contributed by atoms with Crippen molar-refractivity contribution in [2.75, 3.05) is 11.1 Å². The summed E-state index contributed by atoms with van der Waals surface area (Å²) in [6.45, 7) is 10.2. The Bertz CT molecular complexity index is 813. The maximum atomic E-state index is 12.4. The molecule has 25 heavy (non-hydrogen) atoms. The van der Waals surface area contributed by atoms with E-state index in [-0.39, 0.29) is 23.1 Å². The van der Waals surface area contributed by atoms with Crippen LogP contribution in [0.4, 0.5) is 5.69 Å². The number of para-hydroxylation sites is 1. The number of anilines is 1. The number of carbonyl (C=O) groups excluding carboxylic acids is 1. The number of benzene rings is 1. The van der Waals surface area contributed by atoms with Crippen LogP contribution < -0.4 is 10.9 Å². The van der Waals surface area contributed by atoms with Gasteiger partial charge in [-0.3, -0.25) is 9.59 Å². The highest BCUT2D eigenvalue weighted by molar-refractivity contribution is 7.99. The van der Waals surface area contributed by atoms with Gasteiger partial charge in [-0.2, -0.15) is 0 Å². The van der Waals surface area contributed by atoms with Crippen molar-refractivity contribution in [2.45, 2.75) is 51.6 Å². The molecule has 2 N–H and O–H groups in total. The molecule has 6 heteroatoms. The van der Waals surface area contributed by atoms with Crippen molar-refractivity contribution in [3.63, 3.8) is 0 Å². The molecule has 1 amide bonds. The number of amides is 1. The summed E-state index contributed by atoms with van der Waals surface area (Å²) in [5.41, 5.74) is 3.57. The van der Waals surface area contributed by atoms with Gasteiger partial charge in [0.1, 0.15) is 0 Å². The lowest BCUT2D eigenvalue weighted by atomic mass is 9.98. The number of H-pyrrole nitrogens is 1. The van der Waals surface area contributed by atoms with Crippen molar-refractivity contribution in [2.24, 2.45) is 0 Å². The Morgan fingerprint density at radius 3 is 2.60 bits per heavy atom. The highest BCUT2D eigenvalue weighted by atomic mass is 32.2. The molecule has 0 unspecified atom stereocenters. The van der Waals surface area contributed by atoms with Gasteiger partial charge in [-0.1, -0.05) is 57.7 Å². The van der Waals surface area contributed by atoms with Crippen LogP contribution in [0.25, 0.3) is 0 Å². The van der Waals surface area contributed by atoms with Crippen molar-refractivity contribution in [1.29, 1.82) is 0 Å². The van der Waals surface area contributed by atoms with Gasteiger partial charge in [0, 0.05) is 11.8 Å². The Morgan fingerprint density at radius 1 is 1.24 bits per heavy atom. The molecule has 1 aromatic carbocycles. The van der Waals surface area contributed by atoms with Crippen molar-refractivity contribution in [3.8, 4) is 0 Å². The van der Waals surface area contributed by atoms with Crippen LogP contribution >= 0.6 is 11.8 Å². The van der Waals surface area contributed by atoms with Crippen LogP contribution in [0, 0.1) is 6.92 Å². The van der Waals surface area contributed by atoms with Gasteiger partial charge in [0.05, 0.1) is 11.4 Å². The number of hydrogen-bond donors (Lipinski definition) is 2. The zero-order valence-corrected chi connectivity index (χ0v) is 16.2. The predicted octanol–water partition coefficient (Wildman–Crippen LogP) is 4.06. The number of thioether (sulfide) groups is 1. The molecular weight excluding hydrogens is 334 g/mol. The first kappa shape index (κ1) is 19.2. The highest BCUT2D eigenvalue weighted by Gasteiger charge is 2.13. The lowest BCUT2D eigenvalue weighted by molar-refractivity contribution is -0.113. The van der Waals surface area contributed by atoms with Crippen molar-refractivity contribution < 1.29 is 4.79 Å². The summed E-state index contributed by atoms with van der Waals surface area (Å²) in [6.07, 6.45) is 0. The molecule has 1 heterocycles. The van der Waals surface area contributed by atoms with E-state index in [9.17, 15) is 9.59 Å². The third-order valence-corrected chi connectivity index (χ3v) is 4.74. The standard InChI is InChI=1S/C19H25N3O2S/c1-11(2)14-8-6-7-13(5)18(14)21-17(24)10-25-19-20-15(12(3)4)9-16(23)22-19/h6-9,11-12H,10H2,1-5H3,(H,21,24)(H,20,22,23). The van der Waals surface area contributed by atoms with Gasteiger partial charge in [-0.25, -0.2) is 4.98 Å². The molecule has 0 radical (unpaired) electrons. The summed E-state index contributed by atoms with van der Waals surface area (Å²) in [6, 6.07) is 7.52. The second-order valence-corrected chi connectivity index (χ2v) is 7.62. The van der Waals surface area contributed by atoms with Crippen molar-refractivity contribution in [3.05, 3.63) is 51.4 Å². The summed E-state index contributed by atoms with van der Waals surface area (Å²) < 4.78 is 0. The van der Waals surface area contributed by atoms with E-state index in [4.69, 9.17) is 0 Å². The number of aryl methyl sites for hydroxylation is 1. The van der Waals surface area contributed by atoms with Gasteiger partial charge < -0.3 is 10.3 Å². The SMILES string of the molecule is Cc1cccc(C(C)C)c1NC(=O)CSc1nc(C(C)C)cc(=O)[nH]1. The second-order valence-electron chi connectivity index (χ2n) is 6.66. The lowest BCUT2D eigenvalue weighted by Gasteiger charge is -2.16. The molecule has 0 aliphatic carbocycles. The third-order valence-electron chi connectivity index (χ3n) is 3.86. The maximum Gasteiger partial charge on any atom is 0.251 e. The quantitative estimate of drug-likeness (QED) is 0.602. The van der Waals surface area contributed by atoms with Crippen molar-refractivity contribution in [1.82, 2.24) is 9.97 Å². The normalized spacial score (nSPS) is 11.2. The van der Waals surface area contributed by atoms with Gasteiger partial charge in [-0.05, 0) is 29.9 Å². The minimum atomic E-state index is -0.192. The van der Waals surface area contributed by atoms with E-state index >= 15 is 0 Å². The highest BCUT2D eigenvalue weighted by Crippen LogP contribution is 2.27. The molecule has 2 rings (SSSR count). The largest absolute Gasteiger partial charge is 0.325 e. The molecule has 0 aliphatic rings. The molecule has 2 aromatic rings. The topological polar surface area (TPSA) is 74.8 Å². The maximum absolute atomic E-state index is 12.4. The van der Waals surface area contributed by atoms with E-state index in [1.54, 1.807) is 0 Å². The number of aromatic amines is 1. The van der Waals surface area contributed by atoms with Crippen LogP contribution in [0.1, 0.15) is 56.4 Å². The van der Waals surface area contributed by atoms with E-state index in [0.29, 0.717) is 11.1 Å². The van der Waals surface area contributed by atoms with Crippen LogP contribution in [-0.2, 0) is 4.79 Å². The van der Waals surface area contributed by atoms with Crippen LogP contribution in [-0.4, -0.2) is 21.6 Å². The monoisotopic (exact) mass is 359 g/mol. The zero-order valence-electron chi connectivity index (χ0n) is 15.3. The summed E-state index contributed by atoms with van der Waals surface area (Å²) in [5, 5.41) is 3.48. The Morgan fingerprint density at radius 2 is 1.96 bits per heavy atom.